The fourth-order valence-corrected chi connectivity index (χ4v) is 3.87. The minimum Gasteiger partial charge on any atom is -0.466 e. The van der Waals surface area contributed by atoms with Gasteiger partial charge in [-0.1, -0.05) is 24.6 Å². The van der Waals surface area contributed by atoms with Crippen LogP contribution in [-0.4, -0.2) is 47.3 Å². The number of rotatable bonds is 5. The smallest absolute Gasteiger partial charge is 0.436 e. The number of carbonyl (C=O) groups excluding carboxylic acids is 2. The van der Waals surface area contributed by atoms with E-state index in [1.807, 2.05) is 0 Å². The number of piperidine rings is 1. The molecule has 2 atom stereocenters. The third-order valence-electron chi connectivity index (χ3n) is 5.31. The second-order valence-electron chi connectivity index (χ2n) is 7.13. The van der Waals surface area contributed by atoms with Gasteiger partial charge in [0, 0.05) is 25.0 Å². The van der Waals surface area contributed by atoms with Gasteiger partial charge in [-0.05, 0) is 36.6 Å². The van der Waals surface area contributed by atoms with Crippen LogP contribution in [-0.2, 0) is 9.53 Å². The molecular formula is C21H21F4N3O3. The zero-order valence-electron chi connectivity index (χ0n) is 16.7. The third-order valence-corrected chi connectivity index (χ3v) is 5.31. The van der Waals surface area contributed by atoms with Crippen molar-refractivity contribution >= 4 is 11.9 Å². The number of halogens is 4. The molecule has 0 aliphatic carbocycles. The molecule has 1 fully saturated rings. The summed E-state index contributed by atoms with van der Waals surface area (Å²) in [6.45, 7) is -0.147. The maximum absolute atomic E-state index is 14.6. The lowest BCUT2D eigenvalue weighted by molar-refractivity contribution is -0.254. The molecule has 1 aromatic heterocycles. The summed E-state index contributed by atoms with van der Waals surface area (Å²) < 4.78 is 62.4. The third kappa shape index (κ3) is 4.25. The first-order valence-corrected chi connectivity index (χ1v) is 9.61. The number of benzene rings is 1. The Bertz CT molecular complexity index is 939. The van der Waals surface area contributed by atoms with Gasteiger partial charge in [0.15, 0.2) is 0 Å². The van der Waals surface area contributed by atoms with Gasteiger partial charge in [-0.25, -0.2) is 9.18 Å². The Morgan fingerprint density at radius 1 is 1.16 bits per heavy atom. The predicted molar refractivity (Wildman–Crippen MR) is 102 cm³/mol. The summed E-state index contributed by atoms with van der Waals surface area (Å²) in [4.78, 5) is 30.3. The van der Waals surface area contributed by atoms with Gasteiger partial charge in [0.05, 0.1) is 12.7 Å². The average molecular weight is 439 g/mol. The standard InChI is InChI=1S/C21H21F4N3O3/c1-31-19(30)20(21(23,24)25,27-18(29)15-8-2-3-9-16(15)22)28-12-5-4-10-17(28)14-7-6-11-26-13-14/h2-3,6-9,11,13,17H,4-5,10,12H2,1H3,(H,27,29). The van der Waals surface area contributed by atoms with Gasteiger partial charge in [0.25, 0.3) is 11.6 Å². The molecule has 0 saturated carbocycles. The number of likely N-dealkylation sites (tertiary alicyclic amines) is 1. The lowest BCUT2D eigenvalue weighted by atomic mass is 9.91. The van der Waals surface area contributed by atoms with Crippen LogP contribution in [0.3, 0.4) is 0 Å². The minimum atomic E-state index is -5.27. The van der Waals surface area contributed by atoms with Gasteiger partial charge in [0.1, 0.15) is 5.82 Å². The van der Waals surface area contributed by atoms with Crippen molar-refractivity contribution in [3.8, 4) is 0 Å². The van der Waals surface area contributed by atoms with E-state index in [1.165, 1.54) is 24.5 Å². The van der Waals surface area contributed by atoms with Gasteiger partial charge >= 0.3 is 12.1 Å². The summed E-state index contributed by atoms with van der Waals surface area (Å²) in [6, 6.07) is 6.90. The highest BCUT2D eigenvalue weighted by Gasteiger charge is 2.68. The van der Waals surface area contributed by atoms with Gasteiger partial charge in [-0.15, -0.1) is 0 Å². The second-order valence-corrected chi connectivity index (χ2v) is 7.13. The number of alkyl halides is 3. The van der Waals surface area contributed by atoms with E-state index in [1.54, 1.807) is 17.4 Å². The number of nitrogens with one attached hydrogen (secondary N) is 1. The number of methoxy groups -OCH3 is 1. The van der Waals surface area contributed by atoms with Crippen molar-refractivity contribution in [2.24, 2.45) is 0 Å². The summed E-state index contributed by atoms with van der Waals surface area (Å²) in [5, 5.41) is 1.77. The molecule has 1 aromatic carbocycles. The van der Waals surface area contributed by atoms with Crippen LogP contribution in [0.4, 0.5) is 17.6 Å². The van der Waals surface area contributed by atoms with Gasteiger partial charge in [-0.3, -0.25) is 14.7 Å². The molecule has 0 radical (unpaired) electrons. The molecule has 2 heterocycles. The van der Waals surface area contributed by atoms with E-state index in [-0.39, 0.29) is 6.54 Å². The lowest BCUT2D eigenvalue weighted by Crippen LogP contribution is -2.74. The molecule has 6 nitrogen and oxygen atoms in total. The molecular weight excluding hydrogens is 418 g/mol. The number of pyridine rings is 1. The summed E-state index contributed by atoms with van der Waals surface area (Å²) in [5.41, 5.74) is -3.67. The first-order valence-electron chi connectivity index (χ1n) is 9.61. The number of hydrogen-bond donors (Lipinski definition) is 1. The molecule has 0 bridgehead atoms. The Morgan fingerprint density at radius 2 is 1.90 bits per heavy atom. The van der Waals surface area contributed by atoms with Crippen LogP contribution >= 0.6 is 0 Å². The maximum atomic E-state index is 14.6. The summed E-state index contributed by atoms with van der Waals surface area (Å²) in [6.07, 6.45) is -1.09. The van der Waals surface area contributed by atoms with Crippen molar-refractivity contribution in [1.82, 2.24) is 15.2 Å². The summed E-state index contributed by atoms with van der Waals surface area (Å²) in [5.74, 6) is -4.10. The van der Waals surface area contributed by atoms with Crippen LogP contribution < -0.4 is 5.32 Å². The average Bonchev–Trinajstić information content (AvgIpc) is 2.77. The normalized spacial score (nSPS) is 19.3. The monoisotopic (exact) mass is 439 g/mol. The zero-order valence-corrected chi connectivity index (χ0v) is 16.7. The van der Waals surface area contributed by atoms with Gasteiger partial charge < -0.3 is 10.1 Å². The molecule has 1 aliphatic rings. The molecule has 3 rings (SSSR count). The Balaban J connectivity index is 2.14. The molecule has 1 amide bonds. The number of nitrogens with zero attached hydrogens (tertiary/aromatic N) is 2. The lowest BCUT2D eigenvalue weighted by Gasteiger charge is -2.48. The van der Waals surface area contributed by atoms with Crippen LogP contribution in [0.2, 0.25) is 0 Å². The second kappa shape index (κ2) is 9.01. The van der Waals surface area contributed by atoms with E-state index in [0.717, 1.165) is 24.1 Å². The molecule has 10 heteroatoms. The molecule has 31 heavy (non-hydrogen) atoms. The van der Waals surface area contributed by atoms with Crippen LogP contribution in [0.5, 0.6) is 0 Å². The maximum Gasteiger partial charge on any atom is 0.436 e. The van der Waals surface area contributed by atoms with Crippen molar-refractivity contribution in [2.75, 3.05) is 13.7 Å². The molecule has 0 spiro atoms. The van der Waals surface area contributed by atoms with Crippen molar-refractivity contribution in [2.45, 2.75) is 37.1 Å². The molecule has 1 N–H and O–H groups in total. The van der Waals surface area contributed by atoms with E-state index < -0.39 is 41.1 Å². The molecule has 2 aromatic rings. The van der Waals surface area contributed by atoms with E-state index in [0.29, 0.717) is 24.8 Å². The van der Waals surface area contributed by atoms with Crippen molar-refractivity contribution in [3.05, 3.63) is 65.7 Å². The van der Waals surface area contributed by atoms with Crippen LogP contribution in [0.15, 0.2) is 48.8 Å². The fourth-order valence-electron chi connectivity index (χ4n) is 3.87. The zero-order chi connectivity index (χ0) is 22.6. The predicted octanol–water partition coefficient (Wildman–Crippen LogP) is 3.61. The van der Waals surface area contributed by atoms with Gasteiger partial charge in [-0.2, -0.15) is 13.2 Å². The molecule has 2 unspecified atom stereocenters. The fraction of sp³-hybridized carbons (Fsp3) is 0.381. The van der Waals surface area contributed by atoms with E-state index in [4.69, 9.17) is 0 Å². The number of carbonyl (C=O) groups is 2. The highest BCUT2D eigenvalue weighted by atomic mass is 19.4. The number of amides is 1. The van der Waals surface area contributed by atoms with Crippen molar-refractivity contribution in [3.63, 3.8) is 0 Å². The highest BCUT2D eigenvalue weighted by molar-refractivity contribution is 5.98. The highest BCUT2D eigenvalue weighted by Crippen LogP contribution is 2.43. The minimum absolute atomic E-state index is 0.147. The Labute approximate surface area is 176 Å². The quantitative estimate of drug-likeness (QED) is 0.569. The first kappa shape index (κ1) is 22.7. The van der Waals surface area contributed by atoms with Crippen molar-refractivity contribution < 1.29 is 31.9 Å². The van der Waals surface area contributed by atoms with Crippen LogP contribution in [0, 0.1) is 5.82 Å². The van der Waals surface area contributed by atoms with Crippen LogP contribution in [0.25, 0.3) is 0 Å². The summed E-state index contributed by atoms with van der Waals surface area (Å²) in [7, 11) is 0.807. The SMILES string of the molecule is COC(=O)C(NC(=O)c1ccccc1F)(N1CCCCC1c1cccnc1)C(F)(F)F. The largest absolute Gasteiger partial charge is 0.466 e. The Kier molecular flexibility index (Phi) is 6.59. The number of hydrogen-bond acceptors (Lipinski definition) is 5. The molecule has 1 saturated heterocycles. The topological polar surface area (TPSA) is 71.5 Å². The van der Waals surface area contributed by atoms with Crippen molar-refractivity contribution in [1.29, 1.82) is 0 Å². The molecule has 166 valence electrons. The first-order chi connectivity index (χ1) is 14.7. The number of aromatic nitrogens is 1. The van der Waals surface area contributed by atoms with E-state index in [9.17, 15) is 27.2 Å². The Hall–Kier alpha value is -3.01. The van der Waals surface area contributed by atoms with E-state index in [2.05, 4.69) is 9.72 Å². The summed E-state index contributed by atoms with van der Waals surface area (Å²) >= 11 is 0. The molecule has 1 aliphatic heterocycles. The number of esters is 1. The van der Waals surface area contributed by atoms with E-state index >= 15 is 0 Å². The van der Waals surface area contributed by atoms with Gasteiger partial charge in [0.2, 0.25) is 0 Å². The number of ether oxygens (including phenoxy) is 1. The Morgan fingerprint density at radius 3 is 2.52 bits per heavy atom. The van der Waals surface area contributed by atoms with Crippen LogP contribution in [0.1, 0.15) is 41.2 Å².